The van der Waals surface area contributed by atoms with Crippen LogP contribution in [-0.4, -0.2) is 43.2 Å². The highest BCUT2D eigenvalue weighted by Gasteiger charge is 2.34. The van der Waals surface area contributed by atoms with E-state index in [0.29, 0.717) is 0 Å². The lowest BCUT2D eigenvalue weighted by Gasteiger charge is -2.32. The maximum absolute atomic E-state index is 13.4. The Morgan fingerprint density at radius 2 is 1.84 bits per heavy atom. The van der Waals surface area contributed by atoms with Crippen LogP contribution in [0.3, 0.4) is 0 Å². The summed E-state index contributed by atoms with van der Waals surface area (Å²) in [6.45, 7) is 12.4. The predicted octanol–water partition coefficient (Wildman–Crippen LogP) is 4.24. The van der Waals surface area contributed by atoms with Crippen LogP contribution < -0.4 is 5.56 Å². The lowest BCUT2D eigenvalue weighted by molar-refractivity contribution is 0.202. The van der Waals surface area contributed by atoms with E-state index in [1.165, 1.54) is 18.4 Å². The van der Waals surface area contributed by atoms with E-state index < -0.39 is 0 Å². The van der Waals surface area contributed by atoms with Crippen LogP contribution in [0, 0.1) is 13.8 Å². The second-order valence-electron chi connectivity index (χ2n) is 9.49. The van der Waals surface area contributed by atoms with E-state index in [0.717, 1.165) is 60.2 Å². The quantitative estimate of drug-likeness (QED) is 0.665. The molecule has 1 aliphatic heterocycles. The number of hydrogen-bond acceptors (Lipinski definition) is 5. The fraction of sp³-hybridized carbons (Fsp3) is 0.583. The molecule has 0 radical (unpaired) electrons. The summed E-state index contributed by atoms with van der Waals surface area (Å²) in [4.78, 5) is 19.0. The van der Waals surface area contributed by atoms with Gasteiger partial charge in [0, 0.05) is 5.56 Å². The minimum atomic E-state index is -0.270. The fourth-order valence-electron chi connectivity index (χ4n) is 4.54. The summed E-state index contributed by atoms with van der Waals surface area (Å²) in [5, 5.41) is 13.9. The number of aromatic nitrogens is 5. The Kier molecular flexibility index (Phi) is 5.97. The highest BCUT2D eigenvalue weighted by molar-refractivity contribution is 5.83. The molecule has 1 unspecified atom stereocenters. The highest BCUT2D eigenvalue weighted by atomic mass is 16.1. The van der Waals surface area contributed by atoms with E-state index in [9.17, 15) is 4.79 Å². The molecule has 1 N–H and O–H groups in total. The van der Waals surface area contributed by atoms with E-state index in [4.69, 9.17) is 0 Å². The van der Waals surface area contributed by atoms with Gasteiger partial charge in [0.2, 0.25) is 0 Å². The van der Waals surface area contributed by atoms with Crippen molar-refractivity contribution in [2.45, 2.75) is 78.3 Å². The first-order valence-electron chi connectivity index (χ1n) is 11.5. The summed E-state index contributed by atoms with van der Waals surface area (Å²) in [6, 6.07) is 5.99. The minimum absolute atomic E-state index is 0.0562. The Balaban J connectivity index is 1.92. The SMILES string of the molecule is CCC(C)(C)n1nnnc1C(c1cc2ccc(C)c(C)c2[nH]c1=O)N1CCCCCC1. The van der Waals surface area contributed by atoms with Gasteiger partial charge in [-0.2, -0.15) is 0 Å². The van der Waals surface area contributed by atoms with E-state index >= 15 is 0 Å². The third-order valence-corrected chi connectivity index (χ3v) is 7.06. The molecule has 1 saturated heterocycles. The predicted molar refractivity (Wildman–Crippen MR) is 123 cm³/mol. The molecule has 3 aromatic rings. The number of hydrogen-bond donors (Lipinski definition) is 1. The van der Waals surface area contributed by atoms with Gasteiger partial charge in [-0.25, -0.2) is 4.68 Å². The van der Waals surface area contributed by atoms with Crippen molar-refractivity contribution >= 4 is 10.9 Å². The molecule has 0 saturated carbocycles. The van der Waals surface area contributed by atoms with Crippen molar-refractivity contribution in [1.29, 1.82) is 0 Å². The number of fused-ring (bicyclic) bond motifs is 1. The molecular weight excluding hydrogens is 388 g/mol. The number of benzene rings is 1. The van der Waals surface area contributed by atoms with Crippen molar-refractivity contribution in [1.82, 2.24) is 30.1 Å². The van der Waals surface area contributed by atoms with Gasteiger partial charge >= 0.3 is 0 Å². The van der Waals surface area contributed by atoms with Crippen molar-refractivity contribution in [3.8, 4) is 0 Å². The number of tetrazole rings is 1. The number of nitrogens with one attached hydrogen (secondary N) is 1. The second kappa shape index (κ2) is 8.54. The van der Waals surface area contributed by atoms with Crippen molar-refractivity contribution in [2.24, 2.45) is 0 Å². The molecule has 1 aliphatic rings. The standard InChI is InChI=1S/C24H34N6O/c1-6-24(4,5)30-22(26-27-28-30)21(29-13-9-7-8-10-14-29)19-15-18-12-11-16(2)17(3)20(18)25-23(19)31/h11-12,15,21H,6-10,13-14H2,1-5H3,(H,25,31). The molecule has 0 bridgehead atoms. The number of aromatic amines is 1. The Bertz CT molecular complexity index is 1120. The smallest absolute Gasteiger partial charge is 0.253 e. The van der Waals surface area contributed by atoms with Gasteiger partial charge in [0.15, 0.2) is 5.82 Å². The van der Waals surface area contributed by atoms with Crippen LogP contribution in [0.2, 0.25) is 0 Å². The Hall–Kier alpha value is -2.54. The maximum atomic E-state index is 13.4. The number of H-pyrrole nitrogens is 1. The average molecular weight is 423 g/mol. The summed E-state index contributed by atoms with van der Waals surface area (Å²) in [7, 11) is 0. The largest absolute Gasteiger partial charge is 0.321 e. The molecule has 7 nitrogen and oxygen atoms in total. The summed E-state index contributed by atoms with van der Waals surface area (Å²) < 4.78 is 1.92. The Morgan fingerprint density at radius 1 is 1.13 bits per heavy atom. The van der Waals surface area contributed by atoms with Gasteiger partial charge in [-0.15, -0.1) is 5.10 Å². The molecule has 7 heteroatoms. The van der Waals surface area contributed by atoms with Crippen molar-refractivity contribution in [3.05, 3.63) is 51.1 Å². The maximum Gasteiger partial charge on any atom is 0.253 e. The van der Waals surface area contributed by atoms with Gasteiger partial charge in [-0.1, -0.05) is 31.9 Å². The first kappa shape index (κ1) is 21.7. The molecule has 0 spiro atoms. The second-order valence-corrected chi connectivity index (χ2v) is 9.49. The molecule has 31 heavy (non-hydrogen) atoms. The van der Waals surface area contributed by atoms with E-state index in [1.54, 1.807) is 0 Å². The van der Waals surface area contributed by atoms with Crippen LogP contribution in [0.15, 0.2) is 23.0 Å². The highest BCUT2D eigenvalue weighted by Crippen LogP contribution is 2.32. The number of rotatable bonds is 5. The van der Waals surface area contributed by atoms with Crippen LogP contribution in [0.5, 0.6) is 0 Å². The Labute approximate surface area is 183 Å². The van der Waals surface area contributed by atoms with Crippen LogP contribution >= 0.6 is 0 Å². The zero-order valence-corrected chi connectivity index (χ0v) is 19.4. The van der Waals surface area contributed by atoms with Crippen LogP contribution in [0.4, 0.5) is 0 Å². The minimum Gasteiger partial charge on any atom is -0.321 e. The first-order valence-corrected chi connectivity index (χ1v) is 11.5. The molecule has 1 aromatic carbocycles. The van der Waals surface area contributed by atoms with Gasteiger partial charge in [0.05, 0.1) is 11.1 Å². The van der Waals surface area contributed by atoms with E-state index in [-0.39, 0.29) is 17.1 Å². The molecule has 2 aromatic heterocycles. The number of aryl methyl sites for hydroxylation is 2. The summed E-state index contributed by atoms with van der Waals surface area (Å²) >= 11 is 0. The summed E-state index contributed by atoms with van der Waals surface area (Å²) in [6.07, 6.45) is 5.59. The van der Waals surface area contributed by atoms with E-state index in [1.807, 2.05) is 10.7 Å². The molecule has 3 heterocycles. The lowest BCUT2D eigenvalue weighted by atomic mass is 9.98. The van der Waals surface area contributed by atoms with Crippen LogP contribution in [0.25, 0.3) is 10.9 Å². The summed E-state index contributed by atoms with van der Waals surface area (Å²) in [5.41, 5.74) is 3.63. The Morgan fingerprint density at radius 3 is 2.52 bits per heavy atom. The summed E-state index contributed by atoms with van der Waals surface area (Å²) in [5.74, 6) is 0.752. The van der Waals surface area contributed by atoms with E-state index in [2.05, 4.69) is 72.2 Å². The molecule has 1 fully saturated rings. The van der Waals surface area contributed by atoms with Gasteiger partial charge < -0.3 is 4.98 Å². The fourth-order valence-corrected chi connectivity index (χ4v) is 4.54. The molecule has 4 rings (SSSR count). The van der Waals surface area contributed by atoms with Crippen LogP contribution in [0.1, 0.15) is 81.4 Å². The molecule has 166 valence electrons. The average Bonchev–Trinajstić information content (AvgIpc) is 3.09. The zero-order chi connectivity index (χ0) is 22.2. The number of nitrogens with zero attached hydrogens (tertiary/aromatic N) is 5. The lowest BCUT2D eigenvalue weighted by Crippen LogP contribution is -2.38. The van der Waals surface area contributed by atoms with Crippen LogP contribution in [-0.2, 0) is 5.54 Å². The normalized spacial score (nSPS) is 17.1. The molecular formula is C24H34N6O. The van der Waals surface area contributed by atoms with Gasteiger partial charge in [-0.3, -0.25) is 9.69 Å². The number of likely N-dealkylation sites (tertiary alicyclic amines) is 1. The zero-order valence-electron chi connectivity index (χ0n) is 19.4. The first-order chi connectivity index (χ1) is 14.8. The molecule has 0 amide bonds. The third-order valence-electron chi connectivity index (χ3n) is 7.06. The molecule has 1 atom stereocenters. The monoisotopic (exact) mass is 422 g/mol. The van der Waals surface area contributed by atoms with Gasteiger partial charge in [0.1, 0.15) is 6.04 Å². The third kappa shape index (κ3) is 4.03. The van der Waals surface area contributed by atoms with Gasteiger partial charge in [-0.05, 0) is 93.1 Å². The van der Waals surface area contributed by atoms with Gasteiger partial charge in [0.25, 0.3) is 5.56 Å². The topological polar surface area (TPSA) is 79.7 Å². The van der Waals surface area contributed by atoms with Crippen molar-refractivity contribution < 1.29 is 0 Å². The van der Waals surface area contributed by atoms with Crippen molar-refractivity contribution in [2.75, 3.05) is 13.1 Å². The molecule has 0 aliphatic carbocycles. The number of pyridine rings is 1. The van der Waals surface area contributed by atoms with Crippen molar-refractivity contribution in [3.63, 3.8) is 0 Å².